The Hall–Kier alpha value is -5.84. The Balaban J connectivity index is 3.15. The molecule has 404 valence electrons. The first-order valence-electron chi connectivity index (χ1n) is 23.6. The van der Waals surface area contributed by atoms with E-state index in [4.69, 9.17) is 28.7 Å². The van der Waals surface area contributed by atoms with Gasteiger partial charge in [0.05, 0.1) is 24.8 Å². The summed E-state index contributed by atoms with van der Waals surface area (Å²) in [6.07, 6.45) is 0.0852. The SMILES string of the molecule is CSCC[C@H](NC(=O)[C@@H](N)CCCN=C(N)N)C(=O)N[C@@H](CC(C)C)C(=O)NCC(=O)N[C@@H](CCC(N)=O)C(=O)N[C@H](C(=O)N1CCC[C@H]1C(=O)N[C@H](C(=O)N[C@@H](CCCCN)C(=O)O)[C@@H](C)O)[C@@H](C)O. The van der Waals surface area contributed by atoms with Crippen molar-refractivity contribution in [2.45, 2.75) is 159 Å². The molecule has 1 fully saturated rings. The number of carboxylic acid groups (broad SMARTS) is 1. The molecule has 0 bridgehead atoms. The van der Waals surface area contributed by atoms with Gasteiger partial charge in [-0.05, 0) is 103 Å². The van der Waals surface area contributed by atoms with Crippen LogP contribution in [0.25, 0.3) is 0 Å². The molecule has 0 saturated carbocycles. The number of unbranched alkanes of at least 4 members (excludes halogenated alkanes) is 1. The van der Waals surface area contributed by atoms with Crippen LogP contribution in [-0.4, -0.2) is 184 Å². The molecule has 1 aliphatic rings. The van der Waals surface area contributed by atoms with E-state index in [-0.39, 0.29) is 69.9 Å². The number of amides is 9. The lowest BCUT2D eigenvalue weighted by atomic mass is 10.0. The van der Waals surface area contributed by atoms with Crippen LogP contribution in [0.4, 0.5) is 0 Å². The molecule has 0 spiro atoms. The smallest absolute Gasteiger partial charge is 0.326 e. The van der Waals surface area contributed by atoms with Gasteiger partial charge in [-0.1, -0.05) is 13.8 Å². The fourth-order valence-electron chi connectivity index (χ4n) is 7.29. The maximum absolute atomic E-state index is 14.0. The number of rotatable bonds is 34. The number of primary amides is 1. The van der Waals surface area contributed by atoms with Gasteiger partial charge in [-0.3, -0.25) is 48.1 Å². The normalized spacial score (nSPS) is 17.1. The van der Waals surface area contributed by atoms with Gasteiger partial charge < -0.3 is 86.1 Å². The number of carbonyl (C=O) groups excluding carboxylic acids is 9. The van der Waals surface area contributed by atoms with E-state index in [1.807, 2.05) is 6.26 Å². The van der Waals surface area contributed by atoms with Crippen molar-refractivity contribution >= 4 is 76.9 Å². The van der Waals surface area contributed by atoms with Gasteiger partial charge in [-0.25, -0.2) is 4.79 Å². The predicted molar refractivity (Wildman–Crippen MR) is 262 cm³/mol. The molecule has 0 aliphatic carbocycles. The predicted octanol–water partition coefficient (Wildman–Crippen LogP) is -5.58. The number of nitrogens with one attached hydrogen (secondary N) is 7. The number of guanidine groups is 1. The first kappa shape index (κ1) is 63.2. The molecule has 27 nitrogen and oxygen atoms in total. The Morgan fingerprint density at radius 3 is 1.87 bits per heavy atom. The summed E-state index contributed by atoms with van der Waals surface area (Å²) in [6, 6.07) is -10.7. The van der Waals surface area contributed by atoms with Crippen molar-refractivity contribution in [1.82, 2.24) is 42.1 Å². The number of nitrogens with two attached hydrogens (primary N) is 5. The second kappa shape index (κ2) is 32.9. The molecule has 10 atom stereocenters. The number of likely N-dealkylation sites (tertiary alicyclic amines) is 1. The third-order valence-electron chi connectivity index (χ3n) is 11.2. The number of carboxylic acids is 1. The van der Waals surface area contributed by atoms with Gasteiger partial charge in [0.1, 0.15) is 42.3 Å². The van der Waals surface area contributed by atoms with Crippen LogP contribution in [0.3, 0.4) is 0 Å². The lowest BCUT2D eigenvalue weighted by molar-refractivity contribution is -0.145. The maximum atomic E-state index is 14.0. The third kappa shape index (κ3) is 23.8. The Bertz CT molecular complexity index is 1840. The quantitative estimate of drug-likeness (QED) is 0.0162. The van der Waals surface area contributed by atoms with E-state index in [0.717, 1.165) is 4.90 Å². The summed E-state index contributed by atoms with van der Waals surface area (Å²) in [5.41, 5.74) is 27.5. The summed E-state index contributed by atoms with van der Waals surface area (Å²) in [6.45, 7) is 5.75. The van der Waals surface area contributed by atoms with E-state index < -0.39 is 133 Å². The minimum absolute atomic E-state index is 0.0341. The average Bonchev–Trinajstić information content (AvgIpc) is 3.79. The Kier molecular flexibility index (Phi) is 29.3. The molecule has 0 radical (unpaired) electrons. The fourth-order valence-corrected chi connectivity index (χ4v) is 7.76. The largest absolute Gasteiger partial charge is 0.480 e. The van der Waals surface area contributed by atoms with Crippen LogP contribution < -0.4 is 65.9 Å². The number of hydrogen-bond acceptors (Lipinski definition) is 16. The molecule has 1 aliphatic heterocycles. The number of aliphatic hydroxyl groups excluding tert-OH is 2. The number of aliphatic imine (C=N–C) groups is 1. The number of carbonyl (C=O) groups is 10. The van der Waals surface area contributed by atoms with E-state index in [1.54, 1.807) is 13.8 Å². The average molecular weight is 1030 g/mol. The van der Waals surface area contributed by atoms with Gasteiger partial charge >= 0.3 is 5.97 Å². The van der Waals surface area contributed by atoms with Crippen molar-refractivity contribution in [3.8, 4) is 0 Å². The summed E-state index contributed by atoms with van der Waals surface area (Å²) in [4.78, 5) is 136. The van der Waals surface area contributed by atoms with Crippen molar-refractivity contribution in [1.29, 1.82) is 0 Å². The van der Waals surface area contributed by atoms with E-state index in [0.29, 0.717) is 31.6 Å². The highest BCUT2D eigenvalue weighted by Crippen LogP contribution is 2.20. The third-order valence-corrected chi connectivity index (χ3v) is 11.8. The monoisotopic (exact) mass is 1030 g/mol. The molecular formula is C43H78N14O13S. The van der Waals surface area contributed by atoms with Crippen LogP contribution in [0.15, 0.2) is 4.99 Å². The number of nitrogens with zero attached hydrogens (tertiary/aromatic N) is 2. The molecule has 0 aromatic rings. The molecule has 71 heavy (non-hydrogen) atoms. The second-order valence-corrected chi connectivity index (χ2v) is 18.7. The van der Waals surface area contributed by atoms with Gasteiger partial charge in [0, 0.05) is 19.5 Å². The van der Waals surface area contributed by atoms with Crippen molar-refractivity contribution in [3.05, 3.63) is 0 Å². The topological polar surface area (TPSA) is 461 Å². The standard InChI is InChI=1S/C43H78N14O13S/c1-22(2)20-29(54-37(64)27(15-19-71-5)52-35(62)25(45)10-8-17-49-43(47)48)36(63)50-21-32(61)51-26(13-14-31(46)60)38(65)56-34(24(4)59)41(68)57-18-9-12-30(57)39(66)55-33(23(3)58)40(67)53-28(42(69)70)11-6-7-16-44/h22-30,33-34,58-59H,6-21,44-45H2,1-5H3,(H2,46,60)(H,50,63)(H,51,61)(H,52,62)(H,53,67)(H,54,64)(H,55,66)(H,56,65)(H,69,70)(H4,47,48,49)/t23-,24-,25+,26+,27+,28+,29+,30+,33+,34+/m1/s1. The van der Waals surface area contributed by atoms with E-state index in [9.17, 15) is 63.3 Å². The number of thioether (sulfide) groups is 1. The molecule has 0 aromatic carbocycles. The highest BCUT2D eigenvalue weighted by Gasteiger charge is 2.42. The van der Waals surface area contributed by atoms with Crippen LogP contribution in [0.2, 0.25) is 0 Å². The van der Waals surface area contributed by atoms with Crippen LogP contribution in [0.5, 0.6) is 0 Å². The minimum Gasteiger partial charge on any atom is -0.480 e. The second-order valence-electron chi connectivity index (χ2n) is 17.8. The van der Waals surface area contributed by atoms with Gasteiger partial charge in [0.25, 0.3) is 0 Å². The molecule has 0 aromatic heterocycles. The molecule has 28 heteroatoms. The van der Waals surface area contributed by atoms with Crippen molar-refractivity contribution in [3.63, 3.8) is 0 Å². The van der Waals surface area contributed by atoms with Crippen LogP contribution in [-0.2, 0) is 47.9 Å². The van der Waals surface area contributed by atoms with Gasteiger partial charge in [0.2, 0.25) is 53.2 Å². The Morgan fingerprint density at radius 2 is 1.31 bits per heavy atom. The molecule has 1 saturated heterocycles. The zero-order valence-electron chi connectivity index (χ0n) is 41.3. The molecule has 20 N–H and O–H groups in total. The van der Waals surface area contributed by atoms with Crippen LogP contribution in [0.1, 0.15) is 98.3 Å². The van der Waals surface area contributed by atoms with E-state index >= 15 is 0 Å². The molecule has 1 rings (SSSR count). The molecule has 1 heterocycles. The van der Waals surface area contributed by atoms with Crippen molar-refractivity contribution in [2.75, 3.05) is 38.2 Å². The molecule has 0 unspecified atom stereocenters. The zero-order valence-corrected chi connectivity index (χ0v) is 42.1. The van der Waals surface area contributed by atoms with E-state index in [1.165, 1.54) is 25.6 Å². The van der Waals surface area contributed by atoms with Crippen molar-refractivity contribution in [2.24, 2.45) is 39.6 Å². The first-order valence-corrected chi connectivity index (χ1v) is 25.0. The zero-order chi connectivity index (χ0) is 54.0. The summed E-state index contributed by atoms with van der Waals surface area (Å²) >= 11 is 1.42. The number of hydrogen-bond donors (Lipinski definition) is 15. The fraction of sp³-hybridized carbons (Fsp3) is 0.744. The highest BCUT2D eigenvalue weighted by molar-refractivity contribution is 7.98. The lowest BCUT2D eigenvalue weighted by Gasteiger charge is -2.32. The van der Waals surface area contributed by atoms with Crippen LogP contribution in [0, 0.1) is 5.92 Å². The van der Waals surface area contributed by atoms with E-state index in [2.05, 4.69) is 42.2 Å². The molecule has 9 amide bonds. The lowest BCUT2D eigenvalue weighted by Crippen LogP contribution is -2.62. The maximum Gasteiger partial charge on any atom is 0.326 e. The highest BCUT2D eigenvalue weighted by atomic mass is 32.2. The summed E-state index contributed by atoms with van der Waals surface area (Å²) < 4.78 is 0. The summed E-state index contributed by atoms with van der Waals surface area (Å²) in [5, 5.41) is 47.9. The summed E-state index contributed by atoms with van der Waals surface area (Å²) in [7, 11) is 0. The van der Waals surface area contributed by atoms with Crippen molar-refractivity contribution < 1.29 is 63.3 Å². The van der Waals surface area contributed by atoms with Gasteiger partial charge in [-0.15, -0.1) is 0 Å². The van der Waals surface area contributed by atoms with Gasteiger partial charge in [-0.2, -0.15) is 11.8 Å². The van der Waals surface area contributed by atoms with Crippen LogP contribution >= 0.6 is 11.8 Å². The summed E-state index contributed by atoms with van der Waals surface area (Å²) in [5.74, 6) is -8.82. The molecular weight excluding hydrogens is 953 g/mol. The number of aliphatic hydroxyl groups is 2. The minimum atomic E-state index is -1.72. The van der Waals surface area contributed by atoms with Gasteiger partial charge in [0.15, 0.2) is 5.96 Å². The first-order chi connectivity index (χ1) is 33.3. The Labute approximate surface area is 417 Å². The Morgan fingerprint density at radius 1 is 0.704 bits per heavy atom. The number of aliphatic carboxylic acids is 1.